The van der Waals surface area contributed by atoms with Crippen LogP contribution in [0.3, 0.4) is 0 Å². The molecule has 2 rings (SSSR count). The number of benzene rings is 1. The van der Waals surface area contributed by atoms with Crippen LogP contribution in [0.1, 0.15) is 50.5 Å². The van der Waals surface area contributed by atoms with Gasteiger partial charge in [0.15, 0.2) is 0 Å². The first kappa shape index (κ1) is 12.9. The average molecular weight is 297 g/mol. The zero-order valence-electron chi connectivity index (χ0n) is 10.5. The summed E-state index contributed by atoms with van der Waals surface area (Å²) < 4.78 is 5.75. The second-order valence-electron chi connectivity index (χ2n) is 4.79. The van der Waals surface area contributed by atoms with Crippen LogP contribution in [0.4, 0.5) is 0 Å². The minimum absolute atomic E-state index is 0.657. The maximum atomic E-state index is 5.75. The van der Waals surface area contributed by atoms with Crippen molar-refractivity contribution in [2.45, 2.75) is 49.8 Å². The van der Waals surface area contributed by atoms with Crippen LogP contribution in [-0.2, 0) is 0 Å². The fraction of sp³-hybridized carbons (Fsp3) is 0.600. The van der Waals surface area contributed by atoms with Gasteiger partial charge in [0.2, 0.25) is 0 Å². The van der Waals surface area contributed by atoms with E-state index in [9.17, 15) is 0 Å². The third-order valence-corrected chi connectivity index (χ3v) is 4.35. The van der Waals surface area contributed by atoms with Crippen molar-refractivity contribution in [2.24, 2.45) is 0 Å². The van der Waals surface area contributed by atoms with E-state index in [1.165, 1.54) is 37.7 Å². The Kier molecular flexibility index (Phi) is 4.90. The van der Waals surface area contributed by atoms with Gasteiger partial charge >= 0.3 is 0 Å². The molecule has 0 aliphatic heterocycles. The molecule has 0 radical (unpaired) electrons. The van der Waals surface area contributed by atoms with Gasteiger partial charge in [-0.15, -0.1) is 0 Å². The fourth-order valence-electron chi connectivity index (χ4n) is 2.69. The Morgan fingerprint density at radius 3 is 2.82 bits per heavy atom. The Balaban J connectivity index is 2.19. The smallest absolute Gasteiger partial charge is 0.122 e. The van der Waals surface area contributed by atoms with Gasteiger partial charge in [0.25, 0.3) is 0 Å². The Morgan fingerprint density at radius 1 is 1.24 bits per heavy atom. The van der Waals surface area contributed by atoms with Crippen LogP contribution < -0.4 is 4.74 Å². The van der Waals surface area contributed by atoms with Crippen LogP contribution in [0, 0.1) is 0 Å². The van der Waals surface area contributed by atoms with Crippen molar-refractivity contribution in [3.05, 3.63) is 29.8 Å². The van der Waals surface area contributed by atoms with E-state index in [1.807, 2.05) is 0 Å². The summed E-state index contributed by atoms with van der Waals surface area (Å²) in [6, 6.07) is 8.54. The van der Waals surface area contributed by atoms with Gasteiger partial charge in [0.1, 0.15) is 5.75 Å². The molecule has 0 amide bonds. The molecule has 94 valence electrons. The molecule has 2 atom stereocenters. The first-order valence-corrected chi connectivity index (χ1v) is 7.58. The summed E-state index contributed by atoms with van der Waals surface area (Å²) in [5, 5.41) is 0. The van der Waals surface area contributed by atoms with Crippen LogP contribution in [0.5, 0.6) is 5.75 Å². The third-order valence-electron chi connectivity index (χ3n) is 3.52. The summed E-state index contributed by atoms with van der Waals surface area (Å²) in [5.41, 5.74) is 1.40. The van der Waals surface area contributed by atoms with Gasteiger partial charge in [-0.3, -0.25) is 0 Å². The van der Waals surface area contributed by atoms with Gasteiger partial charge in [-0.2, -0.15) is 0 Å². The molecule has 1 aromatic rings. The quantitative estimate of drug-likeness (QED) is 0.570. The monoisotopic (exact) mass is 296 g/mol. The topological polar surface area (TPSA) is 9.23 Å². The molecule has 1 aliphatic carbocycles. The average Bonchev–Trinajstić information content (AvgIpc) is 2.55. The van der Waals surface area contributed by atoms with E-state index in [0.29, 0.717) is 10.7 Å². The second-order valence-corrected chi connectivity index (χ2v) is 6.08. The van der Waals surface area contributed by atoms with Gasteiger partial charge in [-0.25, -0.2) is 0 Å². The number of hydrogen-bond donors (Lipinski definition) is 0. The molecule has 0 saturated heterocycles. The van der Waals surface area contributed by atoms with Crippen LogP contribution in [-0.4, -0.2) is 11.4 Å². The molecule has 2 unspecified atom stereocenters. The van der Waals surface area contributed by atoms with Gasteiger partial charge < -0.3 is 4.74 Å². The highest BCUT2D eigenvalue weighted by Gasteiger charge is 2.22. The number of rotatable bonds is 3. The van der Waals surface area contributed by atoms with E-state index in [4.69, 9.17) is 4.74 Å². The number of halogens is 1. The summed E-state index contributed by atoms with van der Waals surface area (Å²) in [6.45, 7) is 2.80. The SMILES string of the molecule is CCOc1ccccc1C1CCCCC(Br)C1. The van der Waals surface area contributed by atoms with Crippen LogP contribution in [0.15, 0.2) is 24.3 Å². The van der Waals surface area contributed by atoms with E-state index in [0.717, 1.165) is 12.4 Å². The van der Waals surface area contributed by atoms with Crippen LogP contribution in [0.25, 0.3) is 0 Å². The Bertz CT molecular complexity index is 351. The lowest BCUT2D eigenvalue weighted by molar-refractivity contribution is 0.332. The van der Waals surface area contributed by atoms with E-state index >= 15 is 0 Å². The normalized spacial score (nSPS) is 25.3. The Hall–Kier alpha value is -0.500. The van der Waals surface area contributed by atoms with Crippen molar-refractivity contribution >= 4 is 15.9 Å². The van der Waals surface area contributed by atoms with Crippen molar-refractivity contribution in [1.82, 2.24) is 0 Å². The molecule has 0 heterocycles. The highest BCUT2D eigenvalue weighted by atomic mass is 79.9. The second kappa shape index (κ2) is 6.44. The van der Waals surface area contributed by atoms with Crippen molar-refractivity contribution in [3.63, 3.8) is 0 Å². The van der Waals surface area contributed by atoms with E-state index in [-0.39, 0.29) is 0 Å². The van der Waals surface area contributed by atoms with Crippen LogP contribution >= 0.6 is 15.9 Å². The van der Waals surface area contributed by atoms with Crippen molar-refractivity contribution in [1.29, 1.82) is 0 Å². The molecule has 1 fully saturated rings. The molecular formula is C15H21BrO. The molecule has 0 N–H and O–H groups in total. The predicted molar refractivity (Wildman–Crippen MR) is 76.2 cm³/mol. The van der Waals surface area contributed by atoms with Crippen molar-refractivity contribution < 1.29 is 4.74 Å². The summed E-state index contributed by atoms with van der Waals surface area (Å²) in [6.07, 6.45) is 6.54. The summed E-state index contributed by atoms with van der Waals surface area (Å²) in [4.78, 5) is 0.671. The predicted octanol–water partition coefficient (Wildman–Crippen LogP) is 4.90. The number of hydrogen-bond acceptors (Lipinski definition) is 1. The lowest BCUT2D eigenvalue weighted by atomic mass is 9.91. The summed E-state index contributed by atoms with van der Waals surface area (Å²) >= 11 is 3.80. The van der Waals surface area contributed by atoms with Gasteiger partial charge in [-0.1, -0.05) is 47.0 Å². The van der Waals surface area contributed by atoms with Gasteiger partial charge in [0.05, 0.1) is 6.61 Å². The molecule has 1 saturated carbocycles. The van der Waals surface area contributed by atoms with Crippen molar-refractivity contribution in [3.8, 4) is 5.75 Å². The zero-order valence-corrected chi connectivity index (χ0v) is 12.1. The highest BCUT2D eigenvalue weighted by molar-refractivity contribution is 9.09. The highest BCUT2D eigenvalue weighted by Crippen LogP contribution is 2.38. The largest absolute Gasteiger partial charge is 0.494 e. The minimum Gasteiger partial charge on any atom is -0.494 e. The zero-order chi connectivity index (χ0) is 12.1. The standard InChI is InChI=1S/C15H21BrO/c1-2-17-15-10-6-5-9-14(15)12-7-3-4-8-13(16)11-12/h5-6,9-10,12-13H,2-4,7-8,11H2,1H3. The first-order chi connectivity index (χ1) is 8.31. The molecule has 17 heavy (non-hydrogen) atoms. The van der Waals surface area contributed by atoms with Crippen LogP contribution in [0.2, 0.25) is 0 Å². The third kappa shape index (κ3) is 3.48. The molecule has 2 heteroatoms. The first-order valence-electron chi connectivity index (χ1n) is 6.67. The van der Waals surface area contributed by atoms with Crippen molar-refractivity contribution in [2.75, 3.05) is 6.61 Å². The lowest BCUT2D eigenvalue weighted by Gasteiger charge is -2.20. The molecule has 0 bridgehead atoms. The summed E-state index contributed by atoms with van der Waals surface area (Å²) in [7, 11) is 0. The Morgan fingerprint density at radius 2 is 2.00 bits per heavy atom. The Labute approximate surface area is 113 Å². The number of alkyl halides is 1. The fourth-order valence-corrected chi connectivity index (χ4v) is 3.46. The number of para-hydroxylation sites is 1. The van der Waals surface area contributed by atoms with E-state index < -0.39 is 0 Å². The summed E-state index contributed by atoms with van der Waals surface area (Å²) in [5.74, 6) is 1.74. The molecule has 1 aliphatic rings. The van der Waals surface area contributed by atoms with E-state index in [1.54, 1.807) is 0 Å². The molecular weight excluding hydrogens is 276 g/mol. The maximum Gasteiger partial charge on any atom is 0.122 e. The molecule has 0 aromatic heterocycles. The lowest BCUT2D eigenvalue weighted by Crippen LogP contribution is -2.06. The molecule has 1 aromatic carbocycles. The van der Waals surface area contributed by atoms with Gasteiger partial charge in [0, 0.05) is 4.83 Å². The molecule has 0 spiro atoms. The maximum absolute atomic E-state index is 5.75. The number of ether oxygens (including phenoxy) is 1. The van der Waals surface area contributed by atoms with E-state index in [2.05, 4.69) is 47.1 Å². The molecule has 1 nitrogen and oxygen atoms in total. The minimum atomic E-state index is 0.657. The van der Waals surface area contributed by atoms with Gasteiger partial charge in [-0.05, 0) is 43.7 Å².